The van der Waals surface area contributed by atoms with Crippen molar-refractivity contribution >= 4 is 12.0 Å². The maximum atomic E-state index is 11.9. The number of urea groups is 1. The predicted octanol–water partition coefficient (Wildman–Crippen LogP) is 0.977. The molecule has 2 N–H and O–H groups in total. The summed E-state index contributed by atoms with van der Waals surface area (Å²) in [6, 6.07) is 0.264. The Morgan fingerprint density at radius 2 is 1.95 bits per heavy atom. The van der Waals surface area contributed by atoms with Crippen molar-refractivity contribution in [2.75, 3.05) is 33.7 Å². The van der Waals surface area contributed by atoms with Crippen LogP contribution < -0.4 is 5.32 Å². The molecule has 0 aromatic heterocycles. The molecule has 2 amide bonds. The number of unbranched alkanes of at least 4 members (excludes halogenated alkanes) is 1. The summed E-state index contributed by atoms with van der Waals surface area (Å²) < 4.78 is 0. The number of nitrogens with one attached hydrogen (secondary N) is 1. The van der Waals surface area contributed by atoms with Crippen LogP contribution in [0.4, 0.5) is 4.79 Å². The second kappa shape index (κ2) is 7.99. The molecule has 1 saturated heterocycles. The molecule has 0 radical (unpaired) electrons. The van der Waals surface area contributed by atoms with Crippen LogP contribution in [0.15, 0.2) is 0 Å². The van der Waals surface area contributed by atoms with E-state index in [1.807, 2.05) is 7.05 Å². The van der Waals surface area contributed by atoms with Crippen LogP contribution in [0.1, 0.15) is 32.1 Å². The molecule has 1 aliphatic heterocycles. The van der Waals surface area contributed by atoms with Crippen molar-refractivity contribution in [2.24, 2.45) is 0 Å². The average Bonchev–Trinajstić information content (AvgIpc) is 2.37. The fourth-order valence-corrected chi connectivity index (χ4v) is 2.27. The molecule has 0 aromatic carbocycles. The summed E-state index contributed by atoms with van der Waals surface area (Å²) in [5.41, 5.74) is 0. The zero-order valence-electron chi connectivity index (χ0n) is 11.9. The highest BCUT2D eigenvalue weighted by atomic mass is 16.4. The molecular weight excluding hydrogens is 246 g/mol. The van der Waals surface area contributed by atoms with Crippen molar-refractivity contribution in [3.8, 4) is 0 Å². The van der Waals surface area contributed by atoms with Crippen LogP contribution in [0.2, 0.25) is 0 Å². The number of carbonyl (C=O) groups excluding carboxylic acids is 1. The van der Waals surface area contributed by atoms with E-state index >= 15 is 0 Å². The largest absolute Gasteiger partial charge is 0.481 e. The Balaban J connectivity index is 2.16. The number of nitrogens with zero attached hydrogens (tertiary/aromatic N) is 2. The number of likely N-dealkylation sites (tertiary alicyclic amines) is 1. The summed E-state index contributed by atoms with van der Waals surface area (Å²) in [5, 5.41) is 11.3. The van der Waals surface area contributed by atoms with Gasteiger partial charge in [-0.25, -0.2) is 4.79 Å². The minimum Gasteiger partial charge on any atom is -0.481 e. The van der Waals surface area contributed by atoms with Crippen LogP contribution in [0.25, 0.3) is 0 Å². The first-order chi connectivity index (χ1) is 9.00. The molecule has 0 aromatic rings. The number of amides is 2. The molecule has 0 unspecified atom stereocenters. The predicted molar refractivity (Wildman–Crippen MR) is 73.2 cm³/mol. The number of rotatable bonds is 6. The Morgan fingerprint density at radius 3 is 2.53 bits per heavy atom. The van der Waals surface area contributed by atoms with Crippen molar-refractivity contribution in [3.05, 3.63) is 0 Å². The van der Waals surface area contributed by atoms with Gasteiger partial charge < -0.3 is 20.2 Å². The fraction of sp³-hybridized carbons (Fsp3) is 0.846. The lowest BCUT2D eigenvalue weighted by Gasteiger charge is -2.35. The first-order valence-electron chi connectivity index (χ1n) is 6.91. The number of carboxylic acids is 1. The number of carbonyl (C=O) groups is 2. The van der Waals surface area contributed by atoms with Crippen molar-refractivity contribution < 1.29 is 14.7 Å². The van der Waals surface area contributed by atoms with Gasteiger partial charge in [0.05, 0.1) is 0 Å². The van der Waals surface area contributed by atoms with Gasteiger partial charge in [0.25, 0.3) is 0 Å². The van der Waals surface area contributed by atoms with E-state index in [0.717, 1.165) is 25.9 Å². The van der Waals surface area contributed by atoms with E-state index in [1.54, 1.807) is 4.90 Å². The van der Waals surface area contributed by atoms with Crippen LogP contribution >= 0.6 is 0 Å². The van der Waals surface area contributed by atoms with Crippen LogP contribution in [0.3, 0.4) is 0 Å². The molecule has 19 heavy (non-hydrogen) atoms. The van der Waals surface area contributed by atoms with Gasteiger partial charge in [0, 0.05) is 26.1 Å². The normalized spacial score (nSPS) is 17.2. The van der Waals surface area contributed by atoms with Crippen molar-refractivity contribution in [1.82, 2.24) is 15.1 Å². The molecular formula is C13H25N3O3. The van der Waals surface area contributed by atoms with E-state index in [9.17, 15) is 9.59 Å². The van der Waals surface area contributed by atoms with Crippen LogP contribution in [-0.4, -0.2) is 66.7 Å². The molecule has 6 heteroatoms. The Labute approximate surface area is 114 Å². The summed E-state index contributed by atoms with van der Waals surface area (Å²) in [6.07, 6.45) is 3.51. The molecule has 0 saturated carbocycles. The molecule has 6 nitrogen and oxygen atoms in total. The highest BCUT2D eigenvalue weighted by Gasteiger charge is 2.23. The molecule has 0 atom stereocenters. The highest BCUT2D eigenvalue weighted by molar-refractivity contribution is 5.74. The van der Waals surface area contributed by atoms with E-state index in [2.05, 4.69) is 17.3 Å². The Bertz CT molecular complexity index is 302. The fourth-order valence-electron chi connectivity index (χ4n) is 2.27. The summed E-state index contributed by atoms with van der Waals surface area (Å²) in [5.74, 6) is -0.783. The standard InChI is InChI=1S/C13H25N3O3/c1-15-9-6-11(7-10-15)16(2)13(19)14-8-4-3-5-12(17)18/h11H,3-10H2,1-2H3,(H,14,19)(H,17,18). The average molecular weight is 271 g/mol. The summed E-state index contributed by atoms with van der Waals surface area (Å²) in [6.45, 7) is 2.60. The minimum atomic E-state index is -0.783. The van der Waals surface area contributed by atoms with Gasteiger partial charge in [-0.15, -0.1) is 0 Å². The topological polar surface area (TPSA) is 72.9 Å². The van der Waals surface area contributed by atoms with E-state index in [1.165, 1.54) is 0 Å². The molecule has 1 rings (SSSR count). The molecule has 0 spiro atoms. The third-order valence-corrected chi connectivity index (χ3v) is 3.65. The summed E-state index contributed by atoms with van der Waals surface area (Å²) >= 11 is 0. The smallest absolute Gasteiger partial charge is 0.317 e. The molecule has 1 aliphatic rings. The van der Waals surface area contributed by atoms with Crippen LogP contribution in [0.5, 0.6) is 0 Å². The number of aliphatic carboxylic acids is 1. The van der Waals surface area contributed by atoms with Gasteiger partial charge in [-0.05, 0) is 45.8 Å². The Kier molecular flexibility index (Phi) is 6.62. The monoisotopic (exact) mass is 271 g/mol. The lowest BCUT2D eigenvalue weighted by Crippen LogP contribution is -2.48. The number of hydrogen-bond donors (Lipinski definition) is 2. The molecule has 1 fully saturated rings. The van der Waals surface area contributed by atoms with E-state index < -0.39 is 5.97 Å². The highest BCUT2D eigenvalue weighted by Crippen LogP contribution is 2.13. The third-order valence-electron chi connectivity index (χ3n) is 3.65. The second-order valence-electron chi connectivity index (χ2n) is 5.23. The van der Waals surface area contributed by atoms with Gasteiger partial charge in [0.1, 0.15) is 0 Å². The zero-order chi connectivity index (χ0) is 14.3. The van der Waals surface area contributed by atoms with Gasteiger partial charge in [-0.3, -0.25) is 4.79 Å². The SMILES string of the molecule is CN1CCC(N(C)C(=O)NCCCCC(=O)O)CC1. The Morgan fingerprint density at radius 1 is 1.32 bits per heavy atom. The molecule has 1 heterocycles. The van der Waals surface area contributed by atoms with E-state index in [4.69, 9.17) is 5.11 Å². The zero-order valence-corrected chi connectivity index (χ0v) is 11.9. The first kappa shape index (κ1) is 15.8. The van der Waals surface area contributed by atoms with Crippen molar-refractivity contribution in [1.29, 1.82) is 0 Å². The lowest BCUT2D eigenvalue weighted by atomic mass is 10.0. The van der Waals surface area contributed by atoms with Crippen LogP contribution in [-0.2, 0) is 4.79 Å². The maximum absolute atomic E-state index is 11.9. The second-order valence-corrected chi connectivity index (χ2v) is 5.23. The summed E-state index contributed by atoms with van der Waals surface area (Å²) in [4.78, 5) is 26.3. The maximum Gasteiger partial charge on any atom is 0.317 e. The molecule has 0 bridgehead atoms. The quantitative estimate of drug-likeness (QED) is 0.706. The van der Waals surface area contributed by atoms with Gasteiger partial charge in [0.15, 0.2) is 0 Å². The number of hydrogen-bond acceptors (Lipinski definition) is 3. The van der Waals surface area contributed by atoms with Gasteiger partial charge in [-0.2, -0.15) is 0 Å². The molecule has 110 valence electrons. The van der Waals surface area contributed by atoms with Crippen LogP contribution in [0, 0.1) is 0 Å². The van der Waals surface area contributed by atoms with Gasteiger partial charge >= 0.3 is 12.0 Å². The number of piperidine rings is 1. The number of carboxylic acid groups (broad SMARTS) is 1. The lowest BCUT2D eigenvalue weighted by molar-refractivity contribution is -0.137. The van der Waals surface area contributed by atoms with Gasteiger partial charge in [-0.1, -0.05) is 0 Å². The molecule has 0 aliphatic carbocycles. The Hall–Kier alpha value is -1.30. The summed E-state index contributed by atoms with van der Waals surface area (Å²) in [7, 11) is 3.93. The third kappa shape index (κ3) is 5.92. The van der Waals surface area contributed by atoms with Gasteiger partial charge in [0.2, 0.25) is 0 Å². The van der Waals surface area contributed by atoms with Crippen molar-refractivity contribution in [3.63, 3.8) is 0 Å². The van der Waals surface area contributed by atoms with E-state index in [0.29, 0.717) is 25.4 Å². The minimum absolute atomic E-state index is 0.0510. The van der Waals surface area contributed by atoms with Crippen molar-refractivity contribution in [2.45, 2.75) is 38.1 Å². The first-order valence-corrected chi connectivity index (χ1v) is 6.91. The van der Waals surface area contributed by atoms with E-state index in [-0.39, 0.29) is 12.5 Å².